The quantitative estimate of drug-likeness (QED) is 0.534. The molecule has 3 atom stereocenters. The second-order valence-electron chi connectivity index (χ2n) is 8.86. The molecule has 2 aliphatic rings. The minimum Gasteiger partial charge on any atom is -0.380 e. The number of nitrogens with zero attached hydrogens (tertiary/aromatic N) is 2. The molecule has 2 aromatic rings. The third kappa shape index (κ3) is 4.50. The van der Waals surface area contributed by atoms with Crippen molar-refractivity contribution in [3.63, 3.8) is 0 Å². The lowest BCUT2D eigenvalue weighted by molar-refractivity contribution is -0.166. The van der Waals surface area contributed by atoms with Crippen molar-refractivity contribution < 1.29 is 19.8 Å². The number of anilines is 1. The van der Waals surface area contributed by atoms with Crippen molar-refractivity contribution in [2.45, 2.75) is 51.6 Å². The molecule has 0 spiro atoms. The lowest BCUT2D eigenvalue weighted by Gasteiger charge is -2.31. The van der Waals surface area contributed by atoms with Gasteiger partial charge in [-0.3, -0.25) is 14.6 Å². The number of hydrogen-bond acceptors (Lipinski definition) is 6. The van der Waals surface area contributed by atoms with Crippen LogP contribution in [0, 0.1) is 6.92 Å². The first-order chi connectivity index (χ1) is 15.7. The van der Waals surface area contributed by atoms with E-state index in [2.05, 4.69) is 10.7 Å². The fraction of sp³-hybridized carbons (Fsp3) is 0.360. The van der Waals surface area contributed by atoms with Gasteiger partial charge in [-0.2, -0.15) is 0 Å². The van der Waals surface area contributed by atoms with Crippen LogP contribution in [-0.4, -0.2) is 45.2 Å². The first-order valence-corrected chi connectivity index (χ1v) is 11.1. The number of aliphatic hydroxyl groups is 2. The van der Waals surface area contributed by atoms with E-state index in [0.717, 1.165) is 34.5 Å². The van der Waals surface area contributed by atoms with E-state index >= 15 is 0 Å². The Kier molecular flexibility index (Phi) is 6.25. The van der Waals surface area contributed by atoms with Gasteiger partial charge in [0.2, 0.25) is 0 Å². The summed E-state index contributed by atoms with van der Waals surface area (Å²) in [4.78, 5) is 27.2. The molecule has 0 aromatic heterocycles. The first-order valence-electron chi connectivity index (χ1n) is 11.1. The minimum atomic E-state index is -2.28. The van der Waals surface area contributed by atoms with E-state index in [1.165, 1.54) is 11.8 Å². The minimum absolute atomic E-state index is 0.342. The zero-order chi connectivity index (χ0) is 23.8. The fourth-order valence-corrected chi connectivity index (χ4v) is 4.17. The zero-order valence-electron chi connectivity index (χ0n) is 19.1. The van der Waals surface area contributed by atoms with Gasteiger partial charge in [0, 0.05) is 25.8 Å². The predicted octanol–water partition coefficient (Wildman–Crippen LogP) is 1.66. The Bertz CT molecular complexity index is 1080. The van der Waals surface area contributed by atoms with Crippen molar-refractivity contribution in [1.82, 2.24) is 15.6 Å². The molecule has 2 heterocycles. The summed E-state index contributed by atoms with van der Waals surface area (Å²) in [6, 6.07) is 13.0. The maximum absolute atomic E-state index is 12.9. The van der Waals surface area contributed by atoms with Crippen LogP contribution < -0.4 is 15.8 Å². The lowest BCUT2D eigenvalue weighted by atomic mass is 9.95. The number of hydrazine groups is 1. The monoisotopic (exact) mass is 450 g/mol. The third-order valence-electron chi connectivity index (χ3n) is 6.41. The number of aryl methyl sites for hydroxylation is 1. The van der Waals surface area contributed by atoms with E-state index in [9.17, 15) is 19.8 Å². The number of benzene rings is 2. The van der Waals surface area contributed by atoms with Crippen molar-refractivity contribution >= 4 is 17.5 Å². The Labute approximate surface area is 193 Å². The zero-order valence-corrected chi connectivity index (χ0v) is 19.1. The molecule has 0 aliphatic carbocycles. The number of hydrogen-bond donors (Lipinski definition) is 4. The highest BCUT2D eigenvalue weighted by Gasteiger charge is 2.45. The molecule has 8 heteroatoms. The summed E-state index contributed by atoms with van der Waals surface area (Å²) in [5.74, 6) is -1.48. The standard InChI is InChI=1S/C25H30N4O4/c1-16-6-4-7-19-14-28(15-21(16)19)23(31)22(30)25(3,33)24(32)27-17(2)18-8-10-20(11-9-18)29-13-5-12-26-29/h4-11,13,17,22,26,30,33H,12,14-15H2,1-3H3,(H,27,32)/t17-,22+,25-/m1/s1. The summed E-state index contributed by atoms with van der Waals surface area (Å²) in [5, 5.41) is 26.1. The van der Waals surface area contributed by atoms with Crippen LogP contribution in [0.5, 0.6) is 0 Å². The van der Waals surface area contributed by atoms with Crippen LogP contribution in [0.4, 0.5) is 5.69 Å². The molecule has 4 N–H and O–H groups in total. The van der Waals surface area contributed by atoms with E-state index in [-0.39, 0.29) is 0 Å². The second kappa shape index (κ2) is 8.97. The van der Waals surface area contributed by atoms with Gasteiger partial charge in [-0.25, -0.2) is 5.43 Å². The number of aliphatic hydroxyl groups excluding tert-OH is 1. The van der Waals surface area contributed by atoms with Gasteiger partial charge in [0.15, 0.2) is 11.7 Å². The molecule has 2 aliphatic heterocycles. The van der Waals surface area contributed by atoms with Gasteiger partial charge >= 0.3 is 0 Å². The molecule has 0 fully saturated rings. The highest BCUT2D eigenvalue weighted by molar-refractivity contribution is 5.94. The maximum atomic E-state index is 12.9. The van der Waals surface area contributed by atoms with Gasteiger partial charge in [0.05, 0.1) is 11.7 Å². The average molecular weight is 451 g/mol. The maximum Gasteiger partial charge on any atom is 0.255 e. The average Bonchev–Trinajstić information content (AvgIpc) is 3.49. The normalized spacial score (nSPS) is 18.6. The van der Waals surface area contributed by atoms with Crippen LogP contribution in [0.25, 0.3) is 0 Å². The van der Waals surface area contributed by atoms with Gasteiger partial charge in [-0.05, 0) is 55.2 Å². The Morgan fingerprint density at radius 1 is 1.15 bits per heavy atom. The molecule has 0 saturated heterocycles. The predicted molar refractivity (Wildman–Crippen MR) is 125 cm³/mol. The number of fused-ring (bicyclic) bond motifs is 1. The van der Waals surface area contributed by atoms with Crippen molar-refractivity contribution in [2.75, 3.05) is 11.6 Å². The molecule has 0 unspecified atom stereocenters. The molecule has 2 amide bonds. The Balaban J connectivity index is 1.39. The van der Waals surface area contributed by atoms with Crippen LogP contribution in [0.3, 0.4) is 0 Å². The highest BCUT2D eigenvalue weighted by Crippen LogP contribution is 2.28. The molecule has 0 saturated carbocycles. The summed E-state index contributed by atoms with van der Waals surface area (Å²) in [5.41, 5.74) is 5.81. The number of rotatable bonds is 6. The van der Waals surface area contributed by atoms with Crippen LogP contribution in [0.15, 0.2) is 54.7 Å². The summed E-state index contributed by atoms with van der Waals surface area (Å²) >= 11 is 0. The Morgan fingerprint density at radius 2 is 1.88 bits per heavy atom. The Hall–Kier alpha value is -3.20. The lowest BCUT2D eigenvalue weighted by Crippen LogP contribution is -2.58. The first kappa shape index (κ1) is 23.0. The number of nitrogens with one attached hydrogen (secondary N) is 2. The largest absolute Gasteiger partial charge is 0.380 e. The summed E-state index contributed by atoms with van der Waals surface area (Å²) < 4.78 is 0. The van der Waals surface area contributed by atoms with Crippen LogP contribution >= 0.6 is 0 Å². The molecule has 0 radical (unpaired) electrons. The molecular formula is C25H30N4O4. The van der Waals surface area contributed by atoms with Crippen molar-refractivity contribution in [1.29, 1.82) is 0 Å². The molecule has 8 nitrogen and oxygen atoms in total. The van der Waals surface area contributed by atoms with E-state index in [0.29, 0.717) is 13.1 Å². The SMILES string of the molecule is Cc1cccc2c1CN(C(=O)[C@H](O)[C@@](C)(O)C(=O)N[C@H](C)c1ccc(N3C=CCN3)cc1)C2. The van der Waals surface area contributed by atoms with Crippen molar-refractivity contribution in [3.8, 4) is 0 Å². The van der Waals surface area contributed by atoms with E-state index in [1.807, 2.05) is 66.7 Å². The summed E-state index contributed by atoms with van der Waals surface area (Å²) in [6.07, 6.45) is 2.07. The number of carbonyl (C=O) groups excluding carboxylic acids is 2. The molecule has 4 rings (SSSR count). The molecular weight excluding hydrogens is 420 g/mol. The topological polar surface area (TPSA) is 105 Å². The van der Waals surface area contributed by atoms with E-state index in [1.54, 1.807) is 6.92 Å². The van der Waals surface area contributed by atoms with Gasteiger partial charge in [0.25, 0.3) is 11.8 Å². The smallest absolute Gasteiger partial charge is 0.255 e. The van der Waals surface area contributed by atoms with Crippen LogP contribution in [0.2, 0.25) is 0 Å². The van der Waals surface area contributed by atoms with Gasteiger partial charge in [-0.1, -0.05) is 36.4 Å². The van der Waals surface area contributed by atoms with Crippen molar-refractivity contribution in [3.05, 3.63) is 77.0 Å². The van der Waals surface area contributed by atoms with E-state index in [4.69, 9.17) is 0 Å². The van der Waals surface area contributed by atoms with E-state index < -0.39 is 29.6 Å². The third-order valence-corrected chi connectivity index (χ3v) is 6.41. The van der Waals surface area contributed by atoms with Gasteiger partial charge in [0.1, 0.15) is 0 Å². The van der Waals surface area contributed by atoms with Crippen LogP contribution in [0.1, 0.15) is 42.1 Å². The number of carbonyl (C=O) groups is 2. The molecule has 33 heavy (non-hydrogen) atoms. The van der Waals surface area contributed by atoms with Crippen molar-refractivity contribution in [2.24, 2.45) is 0 Å². The fourth-order valence-electron chi connectivity index (χ4n) is 4.17. The summed E-state index contributed by atoms with van der Waals surface area (Å²) in [6.45, 7) is 6.38. The second-order valence-corrected chi connectivity index (χ2v) is 8.86. The van der Waals surface area contributed by atoms with Gasteiger partial charge < -0.3 is 20.4 Å². The Morgan fingerprint density at radius 3 is 2.52 bits per heavy atom. The highest BCUT2D eigenvalue weighted by atomic mass is 16.4. The number of amides is 2. The molecule has 174 valence electrons. The molecule has 0 bridgehead atoms. The van der Waals surface area contributed by atoms with Gasteiger partial charge in [-0.15, -0.1) is 0 Å². The summed E-state index contributed by atoms with van der Waals surface area (Å²) in [7, 11) is 0. The van der Waals surface area contributed by atoms with Crippen LogP contribution in [-0.2, 0) is 22.7 Å². The molecule has 2 aromatic carbocycles.